The number of fused-ring (bicyclic) bond motifs is 2. The quantitative estimate of drug-likeness (QED) is 0.186. The van der Waals surface area contributed by atoms with Crippen LogP contribution in [0.2, 0.25) is 0 Å². The number of nitrogens with one attached hydrogen (secondary N) is 3. The van der Waals surface area contributed by atoms with E-state index >= 15 is 0 Å². The number of halogens is 4. The van der Waals surface area contributed by atoms with Gasteiger partial charge in [-0.2, -0.15) is 13.2 Å². The Bertz CT molecular complexity index is 1850. The number of sulfonamides is 1. The fourth-order valence-electron chi connectivity index (χ4n) is 7.22. The van der Waals surface area contributed by atoms with Crippen LogP contribution in [-0.4, -0.2) is 104 Å². The minimum absolute atomic E-state index is 0.00989. The second-order valence-electron chi connectivity index (χ2n) is 15.8. The van der Waals surface area contributed by atoms with Gasteiger partial charge in [-0.15, -0.1) is 0 Å². The van der Waals surface area contributed by atoms with Gasteiger partial charge in [0.15, 0.2) is 0 Å². The molecule has 4 amide bonds. The maximum atomic E-state index is 14.6. The van der Waals surface area contributed by atoms with Crippen molar-refractivity contribution < 1.29 is 64.2 Å². The molecule has 0 aromatic heterocycles. The van der Waals surface area contributed by atoms with Crippen LogP contribution in [0.5, 0.6) is 5.75 Å². The third-order valence-electron chi connectivity index (χ3n) is 11.2. The van der Waals surface area contributed by atoms with E-state index in [-0.39, 0.29) is 42.9 Å². The van der Waals surface area contributed by atoms with Crippen molar-refractivity contribution in [2.24, 2.45) is 17.8 Å². The molecule has 4 aliphatic rings. The van der Waals surface area contributed by atoms with Crippen molar-refractivity contribution >= 4 is 39.8 Å². The fraction of sp³-hybridized carbons (Fsp3) is 0.649. The smallest absolute Gasteiger partial charge is 0.427 e. The molecule has 7 atom stereocenters. The Hall–Kier alpha value is -4.42. The number of benzene rings is 1. The number of esters is 1. The fourth-order valence-corrected chi connectivity index (χ4v) is 8.65. The molecule has 5 rings (SSSR count). The van der Waals surface area contributed by atoms with Crippen LogP contribution < -0.4 is 20.1 Å². The Morgan fingerprint density at radius 1 is 1.07 bits per heavy atom. The number of ether oxygens (including phenoxy) is 3. The number of carbonyl (C=O) groups excluding carboxylic acids is 5. The molecule has 2 saturated carbocycles. The summed E-state index contributed by atoms with van der Waals surface area (Å²) >= 11 is 0. The second kappa shape index (κ2) is 15.8. The lowest BCUT2D eigenvalue weighted by Gasteiger charge is -2.34. The summed E-state index contributed by atoms with van der Waals surface area (Å²) in [4.78, 5) is 70.0. The molecule has 1 aromatic rings. The Balaban J connectivity index is 1.49. The average Bonchev–Trinajstić information content (AvgIpc) is 4.02. The highest BCUT2D eigenvalue weighted by atomic mass is 32.2. The summed E-state index contributed by atoms with van der Waals surface area (Å²) in [6.07, 6.45) is -3.17. The highest BCUT2D eigenvalue weighted by Gasteiger charge is 2.64. The highest BCUT2D eigenvalue weighted by Crippen LogP contribution is 2.48. The molecule has 2 heterocycles. The Kier molecular flexibility index (Phi) is 12.1. The van der Waals surface area contributed by atoms with Crippen molar-refractivity contribution in [3.8, 4) is 5.75 Å². The molecule has 14 nitrogen and oxygen atoms in total. The van der Waals surface area contributed by atoms with E-state index in [4.69, 9.17) is 14.2 Å². The summed E-state index contributed by atoms with van der Waals surface area (Å²) in [5, 5.41) is 4.93. The van der Waals surface area contributed by atoms with Gasteiger partial charge < -0.3 is 29.7 Å². The van der Waals surface area contributed by atoms with E-state index in [1.165, 1.54) is 19.2 Å². The van der Waals surface area contributed by atoms with Gasteiger partial charge in [0.1, 0.15) is 46.5 Å². The van der Waals surface area contributed by atoms with Crippen LogP contribution in [0.1, 0.15) is 83.0 Å². The van der Waals surface area contributed by atoms with Gasteiger partial charge in [-0.05, 0) is 76.3 Å². The number of rotatable bonds is 9. The summed E-state index contributed by atoms with van der Waals surface area (Å²) in [5.41, 5.74) is -4.69. The third-order valence-corrected chi connectivity index (χ3v) is 13.3. The molecule has 0 unspecified atom stereocenters. The largest absolute Gasteiger partial charge is 0.496 e. The van der Waals surface area contributed by atoms with Crippen molar-refractivity contribution in [1.29, 1.82) is 0 Å². The first-order chi connectivity index (χ1) is 26.1. The van der Waals surface area contributed by atoms with Crippen molar-refractivity contribution in [3.63, 3.8) is 0 Å². The summed E-state index contributed by atoms with van der Waals surface area (Å²) in [5.74, 6) is -5.08. The topological polar surface area (TPSA) is 187 Å². The molecule has 310 valence electrons. The molecule has 1 saturated heterocycles. The van der Waals surface area contributed by atoms with E-state index in [0.717, 1.165) is 4.90 Å². The summed E-state index contributed by atoms with van der Waals surface area (Å²) in [6.45, 7) is 3.18. The zero-order chi connectivity index (χ0) is 41.4. The summed E-state index contributed by atoms with van der Waals surface area (Å²) in [6, 6.07) is 3.15. The van der Waals surface area contributed by atoms with Crippen molar-refractivity contribution in [2.75, 3.05) is 20.3 Å². The van der Waals surface area contributed by atoms with E-state index in [9.17, 15) is 50.0 Å². The lowest BCUT2D eigenvalue weighted by atomic mass is 9.88. The Labute approximate surface area is 322 Å². The molecule has 2 aliphatic carbocycles. The molecular weight excluding hydrogens is 768 g/mol. The van der Waals surface area contributed by atoms with Gasteiger partial charge in [0.2, 0.25) is 27.4 Å². The first kappa shape index (κ1) is 42.7. The van der Waals surface area contributed by atoms with Gasteiger partial charge >= 0.3 is 18.2 Å². The van der Waals surface area contributed by atoms with Crippen molar-refractivity contribution in [1.82, 2.24) is 20.3 Å². The second-order valence-corrected chi connectivity index (χ2v) is 17.9. The van der Waals surface area contributed by atoms with E-state index in [2.05, 4.69) is 10.6 Å². The van der Waals surface area contributed by atoms with Crippen molar-refractivity contribution in [2.45, 2.75) is 113 Å². The first-order valence-electron chi connectivity index (χ1n) is 18.4. The monoisotopic (exact) mass is 816 g/mol. The molecule has 1 aromatic carbocycles. The predicted octanol–water partition coefficient (Wildman–Crippen LogP) is 4.09. The molecular formula is C37H48F4N4O10S. The van der Waals surface area contributed by atoms with Gasteiger partial charge in [-0.1, -0.05) is 38.1 Å². The molecule has 0 radical (unpaired) electrons. The number of carbonyl (C=O) groups is 5. The first-order valence-corrected chi connectivity index (χ1v) is 19.9. The molecule has 19 heteroatoms. The number of para-hydroxylation sites is 1. The summed E-state index contributed by atoms with van der Waals surface area (Å²) in [7, 11) is -3.14. The van der Waals surface area contributed by atoms with Crippen LogP contribution in [0.25, 0.3) is 0 Å². The standard InChI is InChI=1S/C37H48F4N4O10S/c1-21-10-6-7-11-23-18-36(23,32(49)44-56(51,52)35(20-38)14-15-35)43-29(46)26-17-24(54-31(48)25-12-8-9-13-27(25)53-5)19-45(26)30(47)28(22(2)16-21)42-33(50)55-34(3,4)37(39,40)41/h7-9,11-13,21-24,26,28H,6,10,14-20H2,1-5H3,(H,42,50)(H,43,46)(H,44,49)/t21-,22-,23-,24-,26+,28+,36-/m1/s1. The van der Waals surface area contributed by atoms with Crippen LogP contribution >= 0.6 is 0 Å². The van der Waals surface area contributed by atoms with Gasteiger partial charge in [0, 0.05) is 12.3 Å². The van der Waals surface area contributed by atoms with E-state index in [0.29, 0.717) is 33.1 Å². The minimum Gasteiger partial charge on any atom is -0.496 e. The number of alkyl halides is 4. The molecule has 3 fully saturated rings. The van der Waals surface area contributed by atoms with Gasteiger partial charge in [-0.3, -0.25) is 19.1 Å². The molecule has 3 N–H and O–H groups in total. The maximum Gasteiger partial charge on any atom is 0.427 e. The minimum atomic E-state index is -4.95. The third kappa shape index (κ3) is 8.76. The number of alkyl carbamates (subject to hydrolysis) is 1. The Morgan fingerprint density at radius 3 is 2.38 bits per heavy atom. The number of nitrogens with zero attached hydrogens (tertiary/aromatic N) is 1. The van der Waals surface area contributed by atoms with E-state index in [1.54, 1.807) is 31.2 Å². The molecule has 0 bridgehead atoms. The number of amides is 4. The lowest BCUT2D eigenvalue weighted by molar-refractivity contribution is -0.244. The molecule has 0 spiro atoms. The lowest BCUT2D eigenvalue weighted by Crippen LogP contribution is -2.60. The number of allylic oxidation sites excluding steroid dienone is 1. The molecule has 56 heavy (non-hydrogen) atoms. The van der Waals surface area contributed by atoms with E-state index < -0.39 is 105 Å². The zero-order valence-corrected chi connectivity index (χ0v) is 32.6. The number of hydrogen-bond donors (Lipinski definition) is 3. The Morgan fingerprint density at radius 2 is 1.75 bits per heavy atom. The van der Waals surface area contributed by atoms with Crippen LogP contribution in [0.15, 0.2) is 36.4 Å². The van der Waals surface area contributed by atoms with Crippen LogP contribution in [0.3, 0.4) is 0 Å². The number of methoxy groups -OCH3 is 1. The van der Waals surface area contributed by atoms with Crippen LogP contribution in [0, 0.1) is 17.8 Å². The highest BCUT2D eigenvalue weighted by molar-refractivity contribution is 7.91. The number of hydrogen-bond acceptors (Lipinski definition) is 10. The average molecular weight is 817 g/mol. The molecule has 2 aliphatic heterocycles. The van der Waals surface area contributed by atoms with Gasteiger partial charge in [0.05, 0.1) is 13.7 Å². The predicted molar refractivity (Wildman–Crippen MR) is 191 cm³/mol. The van der Waals surface area contributed by atoms with Crippen LogP contribution in [-0.2, 0) is 33.9 Å². The van der Waals surface area contributed by atoms with Gasteiger partial charge in [0.25, 0.3) is 5.91 Å². The van der Waals surface area contributed by atoms with E-state index in [1.807, 2.05) is 11.6 Å². The van der Waals surface area contributed by atoms with Crippen molar-refractivity contribution in [3.05, 3.63) is 42.0 Å². The normalized spacial score (nSPS) is 29.3. The summed E-state index contributed by atoms with van der Waals surface area (Å²) < 4.78 is 96.9. The van der Waals surface area contributed by atoms with Crippen LogP contribution in [0.4, 0.5) is 22.4 Å². The SMILES string of the molecule is COc1ccccc1C(=O)O[C@@H]1C[C@H]2C(=O)N[C@]3(C(=O)NS(=O)(=O)C4(CF)CC4)C[C@H]3C=CCC[C@@H](C)C[C@@H](C)[C@H](NC(=O)OC(C)(C)C(F)(F)F)C(=O)N2C1. The van der Waals surface area contributed by atoms with Gasteiger partial charge in [-0.25, -0.2) is 22.4 Å². The maximum absolute atomic E-state index is 14.6. The zero-order valence-electron chi connectivity index (χ0n) is 31.7.